The Morgan fingerprint density at radius 3 is 3.00 bits per heavy atom. The lowest BCUT2D eigenvalue weighted by atomic mass is 10.3. The topological polar surface area (TPSA) is 47.6 Å². The Kier molecular flexibility index (Phi) is 8.01. The fourth-order valence-electron chi connectivity index (χ4n) is 1.99. The van der Waals surface area contributed by atoms with Crippen molar-refractivity contribution >= 4 is 10.8 Å². The van der Waals surface area contributed by atoms with Crippen LogP contribution in [0, 0.1) is 0 Å². The summed E-state index contributed by atoms with van der Waals surface area (Å²) in [4.78, 5) is 0. The molecule has 0 aliphatic carbocycles. The molecule has 1 N–H and O–H groups in total. The Labute approximate surface area is 107 Å². The molecule has 5 heteroatoms. The molecule has 4 nitrogen and oxygen atoms in total. The number of hydrogen-bond acceptors (Lipinski definition) is 4. The number of methoxy groups -OCH3 is 1. The lowest BCUT2D eigenvalue weighted by Crippen LogP contribution is -2.39. The quantitative estimate of drug-likeness (QED) is 0.672. The molecule has 0 saturated carbocycles. The van der Waals surface area contributed by atoms with Gasteiger partial charge in [-0.25, -0.2) is 0 Å². The molecule has 0 aromatic heterocycles. The van der Waals surface area contributed by atoms with E-state index in [9.17, 15) is 4.21 Å². The Bertz CT molecular complexity index is 220. The van der Waals surface area contributed by atoms with Gasteiger partial charge in [-0.15, -0.1) is 0 Å². The summed E-state index contributed by atoms with van der Waals surface area (Å²) >= 11 is 0. The van der Waals surface area contributed by atoms with Crippen LogP contribution in [0.4, 0.5) is 0 Å². The minimum absolute atomic E-state index is 0.196. The van der Waals surface area contributed by atoms with Crippen LogP contribution in [-0.2, 0) is 20.3 Å². The van der Waals surface area contributed by atoms with Gasteiger partial charge in [-0.1, -0.05) is 6.92 Å². The van der Waals surface area contributed by atoms with E-state index in [-0.39, 0.29) is 12.1 Å². The molecule has 1 saturated heterocycles. The third-order valence-electron chi connectivity index (χ3n) is 2.83. The largest absolute Gasteiger partial charge is 0.383 e. The number of rotatable bonds is 9. The number of nitrogens with one attached hydrogen (secondary N) is 1. The van der Waals surface area contributed by atoms with E-state index in [1.54, 1.807) is 7.11 Å². The summed E-state index contributed by atoms with van der Waals surface area (Å²) in [5.74, 6) is 1.34. The summed E-state index contributed by atoms with van der Waals surface area (Å²) in [6.07, 6.45) is 3.46. The minimum Gasteiger partial charge on any atom is -0.383 e. The molecule has 1 fully saturated rings. The highest BCUT2D eigenvalue weighted by molar-refractivity contribution is 7.85. The highest BCUT2D eigenvalue weighted by Gasteiger charge is 2.20. The van der Waals surface area contributed by atoms with E-state index in [1.165, 1.54) is 0 Å². The second-order valence-electron chi connectivity index (χ2n) is 4.51. The van der Waals surface area contributed by atoms with Gasteiger partial charge in [0.1, 0.15) is 0 Å². The molecule has 0 amide bonds. The molecule has 1 aliphatic heterocycles. The SMILES string of the molecule is CCCNC(COC)CS(=O)CC1CCCO1. The average molecular weight is 263 g/mol. The van der Waals surface area contributed by atoms with Crippen LogP contribution in [0.1, 0.15) is 26.2 Å². The van der Waals surface area contributed by atoms with E-state index in [1.807, 2.05) is 0 Å². The normalized spacial score (nSPS) is 23.8. The van der Waals surface area contributed by atoms with Gasteiger partial charge in [0.2, 0.25) is 0 Å². The first-order chi connectivity index (χ1) is 8.26. The molecule has 0 aromatic carbocycles. The van der Waals surface area contributed by atoms with Crippen molar-refractivity contribution < 1.29 is 13.7 Å². The third kappa shape index (κ3) is 6.50. The first-order valence-corrected chi connectivity index (χ1v) is 7.94. The smallest absolute Gasteiger partial charge is 0.0691 e. The second kappa shape index (κ2) is 9.03. The van der Waals surface area contributed by atoms with Gasteiger partial charge in [-0.3, -0.25) is 4.21 Å². The first-order valence-electron chi connectivity index (χ1n) is 6.45. The Morgan fingerprint density at radius 2 is 2.41 bits per heavy atom. The van der Waals surface area contributed by atoms with Gasteiger partial charge in [0.05, 0.1) is 12.7 Å². The van der Waals surface area contributed by atoms with Crippen molar-refractivity contribution in [3.63, 3.8) is 0 Å². The van der Waals surface area contributed by atoms with Crippen LogP contribution in [-0.4, -0.2) is 54.7 Å². The van der Waals surface area contributed by atoms with E-state index >= 15 is 0 Å². The monoisotopic (exact) mass is 263 g/mol. The average Bonchev–Trinajstić information content (AvgIpc) is 2.78. The minimum atomic E-state index is -0.812. The lowest BCUT2D eigenvalue weighted by Gasteiger charge is -2.18. The highest BCUT2D eigenvalue weighted by Crippen LogP contribution is 2.13. The summed E-state index contributed by atoms with van der Waals surface area (Å²) in [5, 5.41) is 3.37. The maximum atomic E-state index is 12.0. The second-order valence-corrected chi connectivity index (χ2v) is 6.06. The van der Waals surface area contributed by atoms with Crippen molar-refractivity contribution in [1.29, 1.82) is 0 Å². The predicted molar refractivity (Wildman–Crippen MR) is 70.8 cm³/mol. The molecule has 0 bridgehead atoms. The number of ether oxygens (including phenoxy) is 2. The van der Waals surface area contributed by atoms with E-state index in [4.69, 9.17) is 9.47 Å². The van der Waals surface area contributed by atoms with Crippen LogP contribution in [0.5, 0.6) is 0 Å². The third-order valence-corrected chi connectivity index (χ3v) is 4.35. The Morgan fingerprint density at radius 1 is 1.59 bits per heavy atom. The first kappa shape index (κ1) is 15.1. The molecular weight excluding hydrogens is 238 g/mol. The summed E-state index contributed by atoms with van der Waals surface area (Å²) in [6.45, 7) is 4.53. The van der Waals surface area contributed by atoms with Gasteiger partial charge in [0.25, 0.3) is 0 Å². The van der Waals surface area contributed by atoms with Gasteiger partial charge in [-0.2, -0.15) is 0 Å². The molecule has 102 valence electrons. The molecular formula is C12H25NO3S. The van der Waals surface area contributed by atoms with Gasteiger partial charge in [0.15, 0.2) is 0 Å². The van der Waals surface area contributed by atoms with E-state index < -0.39 is 10.8 Å². The maximum absolute atomic E-state index is 12.0. The molecule has 17 heavy (non-hydrogen) atoms. The molecule has 1 heterocycles. The molecule has 3 atom stereocenters. The molecule has 1 rings (SSSR count). The van der Waals surface area contributed by atoms with Crippen molar-refractivity contribution in [2.24, 2.45) is 0 Å². The van der Waals surface area contributed by atoms with Crippen LogP contribution in [0.15, 0.2) is 0 Å². The van der Waals surface area contributed by atoms with Crippen LogP contribution in [0.25, 0.3) is 0 Å². The summed E-state index contributed by atoms with van der Waals surface area (Å²) in [5.41, 5.74) is 0. The molecule has 3 unspecified atom stereocenters. The van der Waals surface area contributed by atoms with Crippen molar-refractivity contribution in [1.82, 2.24) is 5.32 Å². The summed E-state index contributed by atoms with van der Waals surface area (Å²) in [6, 6.07) is 0.196. The molecule has 0 radical (unpaired) electrons. The highest BCUT2D eigenvalue weighted by atomic mass is 32.2. The predicted octanol–water partition coefficient (Wildman–Crippen LogP) is 0.929. The number of hydrogen-bond donors (Lipinski definition) is 1. The van der Waals surface area contributed by atoms with Gasteiger partial charge < -0.3 is 14.8 Å². The van der Waals surface area contributed by atoms with Crippen LogP contribution < -0.4 is 5.32 Å². The summed E-state index contributed by atoms with van der Waals surface area (Å²) < 4.78 is 22.6. The Balaban J connectivity index is 2.23. The zero-order valence-corrected chi connectivity index (χ0v) is 11.8. The van der Waals surface area contributed by atoms with Crippen LogP contribution >= 0.6 is 0 Å². The fraction of sp³-hybridized carbons (Fsp3) is 1.00. The van der Waals surface area contributed by atoms with E-state index in [0.717, 1.165) is 32.4 Å². The zero-order valence-electron chi connectivity index (χ0n) is 10.9. The van der Waals surface area contributed by atoms with Crippen molar-refractivity contribution in [2.45, 2.75) is 38.3 Å². The van der Waals surface area contributed by atoms with Crippen LogP contribution in [0.2, 0.25) is 0 Å². The zero-order chi connectivity index (χ0) is 12.5. The van der Waals surface area contributed by atoms with E-state index in [0.29, 0.717) is 18.1 Å². The molecule has 0 spiro atoms. The van der Waals surface area contributed by atoms with Crippen molar-refractivity contribution in [3.8, 4) is 0 Å². The molecule has 1 aliphatic rings. The van der Waals surface area contributed by atoms with Crippen molar-refractivity contribution in [2.75, 3.05) is 38.4 Å². The van der Waals surface area contributed by atoms with Crippen LogP contribution in [0.3, 0.4) is 0 Å². The Hall–Kier alpha value is 0.0300. The van der Waals surface area contributed by atoms with Gasteiger partial charge >= 0.3 is 0 Å². The molecule has 0 aromatic rings. The van der Waals surface area contributed by atoms with Crippen molar-refractivity contribution in [3.05, 3.63) is 0 Å². The maximum Gasteiger partial charge on any atom is 0.0691 e. The standard InChI is InChI=1S/C12H25NO3S/c1-3-6-13-11(8-15-2)9-17(14)10-12-5-4-7-16-12/h11-13H,3-10H2,1-2H3. The van der Waals surface area contributed by atoms with E-state index in [2.05, 4.69) is 12.2 Å². The fourth-order valence-corrected chi connectivity index (χ4v) is 3.47. The van der Waals surface area contributed by atoms with Gasteiger partial charge in [0, 0.05) is 42.1 Å². The summed E-state index contributed by atoms with van der Waals surface area (Å²) in [7, 11) is 0.872. The van der Waals surface area contributed by atoms with Gasteiger partial charge in [-0.05, 0) is 25.8 Å². The lowest BCUT2D eigenvalue weighted by molar-refractivity contribution is 0.128.